The van der Waals surface area contributed by atoms with Crippen molar-refractivity contribution in [2.45, 2.75) is 37.5 Å². The maximum Gasteiger partial charge on any atom is 0.236 e. The number of anilines is 1. The first-order valence-electron chi connectivity index (χ1n) is 8.93. The molecule has 1 heterocycles. The van der Waals surface area contributed by atoms with Gasteiger partial charge in [0.1, 0.15) is 0 Å². The lowest BCUT2D eigenvalue weighted by Gasteiger charge is -2.36. The van der Waals surface area contributed by atoms with Crippen molar-refractivity contribution in [1.82, 2.24) is 5.32 Å². The molecule has 2 aromatic carbocycles. The Morgan fingerprint density at radius 3 is 2.56 bits per heavy atom. The Morgan fingerprint density at radius 1 is 1.00 bits per heavy atom. The number of nitrogens with one attached hydrogen (secondary N) is 2. The lowest BCUT2D eigenvalue weighted by atomic mass is 9.73. The highest BCUT2D eigenvalue weighted by molar-refractivity contribution is 6.01. The van der Waals surface area contributed by atoms with Crippen LogP contribution in [-0.2, 0) is 27.8 Å². The zero-order valence-electron chi connectivity index (χ0n) is 14.2. The highest BCUT2D eigenvalue weighted by Gasteiger charge is 2.43. The van der Waals surface area contributed by atoms with E-state index in [1.807, 2.05) is 36.4 Å². The van der Waals surface area contributed by atoms with Crippen molar-refractivity contribution in [1.29, 1.82) is 0 Å². The largest absolute Gasteiger partial charge is 0.355 e. The minimum Gasteiger partial charge on any atom is -0.355 e. The Bertz CT molecular complexity index is 804. The topological polar surface area (TPSA) is 58.2 Å². The molecule has 2 amide bonds. The first-order chi connectivity index (χ1) is 12.2. The van der Waals surface area contributed by atoms with Crippen molar-refractivity contribution in [2.75, 3.05) is 11.9 Å². The molecule has 4 rings (SSSR count). The van der Waals surface area contributed by atoms with Gasteiger partial charge in [-0.3, -0.25) is 9.59 Å². The molecule has 1 fully saturated rings. The second-order valence-corrected chi connectivity index (χ2v) is 7.02. The molecule has 0 radical (unpaired) electrons. The van der Waals surface area contributed by atoms with Crippen LogP contribution in [-0.4, -0.2) is 18.4 Å². The van der Waals surface area contributed by atoms with Crippen molar-refractivity contribution in [3.63, 3.8) is 0 Å². The van der Waals surface area contributed by atoms with Crippen LogP contribution < -0.4 is 10.6 Å². The standard InChI is InChI=1S/C21H22N2O2/c24-19-11-12-21(14-22-19,17-7-2-1-3-8-17)20(25)23-18-10-9-15-5-4-6-16(15)13-18/h1-3,7-10,13H,4-6,11-12,14H2,(H,22,24)(H,23,25)/t21-/m0/s1. The molecular weight excluding hydrogens is 312 g/mol. The van der Waals surface area contributed by atoms with Gasteiger partial charge in [0.2, 0.25) is 11.8 Å². The number of rotatable bonds is 3. The third kappa shape index (κ3) is 2.93. The summed E-state index contributed by atoms with van der Waals surface area (Å²) >= 11 is 0. The van der Waals surface area contributed by atoms with Crippen LogP contribution in [0.1, 0.15) is 36.0 Å². The number of carbonyl (C=O) groups excluding carboxylic acids is 2. The summed E-state index contributed by atoms with van der Waals surface area (Å²) in [6.07, 6.45) is 4.29. The summed E-state index contributed by atoms with van der Waals surface area (Å²) in [4.78, 5) is 24.9. The Labute approximate surface area is 147 Å². The molecule has 0 aromatic heterocycles. The number of carbonyl (C=O) groups is 2. The molecule has 0 bridgehead atoms. The molecule has 25 heavy (non-hydrogen) atoms. The number of piperidine rings is 1. The number of aryl methyl sites for hydroxylation is 2. The van der Waals surface area contributed by atoms with Crippen LogP contribution >= 0.6 is 0 Å². The lowest BCUT2D eigenvalue weighted by molar-refractivity contribution is -0.127. The van der Waals surface area contributed by atoms with Gasteiger partial charge in [-0.15, -0.1) is 0 Å². The molecule has 1 aliphatic heterocycles. The van der Waals surface area contributed by atoms with E-state index < -0.39 is 5.41 Å². The van der Waals surface area contributed by atoms with Crippen LogP contribution in [0.3, 0.4) is 0 Å². The van der Waals surface area contributed by atoms with Crippen LogP contribution in [0.15, 0.2) is 48.5 Å². The Kier molecular flexibility index (Phi) is 4.04. The molecule has 4 nitrogen and oxygen atoms in total. The van der Waals surface area contributed by atoms with Crippen molar-refractivity contribution >= 4 is 17.5 Å². The molecule has 4 heteroatoms. The predicted molar refractivity (Wildman–Crippen MR) is 97.5 cm³/mol. The molecule has 0 saturated carbocycles. The summed E-state index contributed by atoms with van der Waals surface area (Å²) in [7, 11) is 0. The number of fused-ring (bicyclic) bond motifs is 1. The quantitative estimate of drug-likeness (QED) is 0.907. The van der Waals surface area contributed by atoms with Crippen LogP contribution in [0.4, 0.5) is 5.69 Å². The van der Waals surface area contributed by atoms with Gasteiger partial charge in [-0.05, 0) is 54.5 Å². The first-order valence-corrected chi connectivity index (χ1v) is 8.93. The average Bonchev–Trinajstić information content (AvgIpc) is 3.11. The van der Waals surface area contributed by atoms with Gasteiger partial charge < -0.3 is 10.6 Å². The summed E-state index contributed by atoms with van der Waals surface area (Å²) in [5.41, 5.74) is 3.81. The van der Waals surface area contributed by atoms with E-state index in [0.717, 1.165) is 24.1 Å². The molecule has 2 N–H and O–H groups in total. The van der Waals surface area contributed by atoms with Crippen LogP contribution in [0.25, 0.3) is 0 Å². The van der Waals surface area contributed by atoms with Crippen LogP contribution in [0, 0.1) is 0 Å². The molecule has 0 spiro atoms. The Balaban J connectivity index is 1.63. The molecule has 0 unspecified atom stereocenters. The minimum atomic E-state index is -0.714. The molecular formula is C21H22N2O2. The average molecular weight is 334 g/mol. The van der Waals surface area contributed by atoms with E-state index in [2.05, 4.69) is 22.8 Å². The van der Waals surface area contributed by atoms with E-state index in [9.17, 15) is 9.59 Å². The summed E-state index contributed by atoms with van der Waals surface area (Å²) < 4.78 is 0. The van der Waals surface area contributed by atoms with E-state index in [-0.39, 0.29) is 11.8 Å². The van der Waals surface area contributed by atoms with Gasteiger partial charge in [-0.2, -0.15) is 0 Å². The Hall–Kier alpha value is -2.62. The van der Waals surface area contributed by atoms with Gasteiger partial charge in [-0.1, -0.05) is 36.4 Å². The zero-order chi connectivity index (χ0) is 17.3. The number of benzene rings is 2. The van der Waals surface area contributed by atoms with Crippen molar-refractivity contribution in [3.05, 3.63) is 65.2 Å². The number of hydrogen-bond acceptors (Lipinski definition) is 2. The molecule has 2 aromatic rings. The SMILES string of the molecule is O=C1CC[C@@](C(=O)Nc2ccc3c(c2)CCC3)(c2ccccc2)CN1. The first kappa shape index (κ1) is 15.9. The fourth-order valence-corrected chi connectivity index (χ4v) is 3.98. The summed E-state index contributed by atoms with van der Waals surface area (Å²) in [6.45, 7) is 0.340. The monoisotopic (exact) mass is 334 g/mol. The highest BCUT2D eigenvalue weighted by atomic mass is 16.2. The second-order valence-electron chi connectivity index (χ2n) is 7.02. The summed E-state index contributed by atoms with van der Waals surface area (Å²) in [6, 6.07) is 16.0. The van der Waals surface area contributed by atoms with Crippen molar-refractivity contribution < 1.29 is 9.59 Å². The van der Waals surface area contributed by atoms with Gasteiger partial charge in [0.15, 0.2) is 0 Å². The maximum atomic E-state index is 13.2. The normalized spacial score (nSPS) is 22.2. The van der Waals surface area contributed by atoms with Crippen molar-refractivity contribution in [2.24, 2.45) is 0 Å². The molecule has 1 saturated heterocycles. The van der Waals surface area contributed by atoms with E-state index in [4.69, 9.17) is 0 Å². The lowest BCUT2D eigenvalue weighted by Crippen LogP contribution is -2.53. The fourth-order valence-electron chi connectivity index (χ4n) is 3.98. The van der Waals surface area contributed by atoms with Gasteiger partial charge in [0.25, 0.3) is 0 Å². The fraction of sp³-hybridized carbons (Fsp3) is 0.333. The summed E-state index contributed by atoms with van der Waals surface area (Å²) in [5.74, 6) is -0.0338. The van der Waals surface area contributed by atoms with Gasteiger partial charge in [-0.25, -0.2) is 0 Å². The molecule has 2 aliphatic rings. The third-order valence-corrected chi connectivity index (χ3v) is 5.48. The number of hydrogen-bond donors (Lipinski definition) is 2. The molecule has 1 atom stereocenters. The molecule has 1 aliphatic carbocycles. The second kappa shape index (κ2) is 6.36. The molecule has 128 valence electrons. The smallest absolute Gasteiger partial charge is 0.236 e. The maximum absolute atomic E-state index is 13.2. The van der Waals surface area contributed by atoms with Crippen molar-refractivity contribution in [3.8, 4) is 0 Å². The van der Waals surface area contributed by atoms with Gasteiger partial charge >= 0.3 is 0 Å². The summed E-state index contributed by atoms with van der Waals surface area (Å²) in [5, 5.41) is 5.99. The van der Waals surface area contributed by atoms with Gasteiger partial charge in [0.05, 0.1) is 5.41 Å². The third-order valence-electron chi connectivity index (χ3n) is 5.48. The predicted octanol–water partition coefficient (Wildman–Crippen LogP) is 2.96. The van der Waals surface area contributed by atoms with E-state index in [1.165, 1.54) is 17.5 Å². The van der Waals surface area contributed by atoms with E-state index in [1.54, 1.807) is 0 Å². The number of amides is 2. The van der Waals surface area contributed by atoms with Gasteiger partial charge in [0, 0.05) is 18.7 Å². The van der Waals surface area contributed by atoms with E-state index in [0.29, 0.717) is 19.4 Å². The van der Waals surface area contributed by atoms with Crippen LogP contribution in [0.5, 0.6) is 0 Å². The minimum absolute atomic E-state index is 0.0110. The Morgan fingerprint density at radius 2 is 1.80 bits per heavy atom. The van der Waals surface area contributed by atoms with E-state index >= 15 is 0 Å². The zero-order valence-corrected chi connectivity index (χ0v) is 14.2. The van der Waals surface area contributed by atoms with Crippen LogP contribution in [0.2, 0.25) is 0 Å². The highest BCUT2D eigenvalue weighted by Crippen LogP contribution is 2.33.